The van der Waals surface area contributed by atoms with E-state index in [9.17, 15) is 13.2 Å². The lowest BCUT2D eigenvalue weighted by Gasteiger charge is -2.31. The highest BCUT2D eigenvalue weighted by Crippen LogP contribution is 2.20. The molecule has 1 aromatic carbocycles. The van der Waals surface area contributed by atoms with E-state index in [1.165, 1.54) is 0 Å². The molecule has 2 aromatic rings. The molecule has 0 bridgehead atoms. The van der Waals surface area contributed by atoms with Gasteiger partial charge in [-0.1, -0.05) is 18.2 Å². The second-order valence-corrected chi connectivity index (χ2v) is 8.59. The number of carbonyl (C=O) groups excluding carboxylic acids is 1. The van der Waals surface area contributed by atoms with Gasteiger partial charge in [0.2, 0.25) is 5.91 Å². The maximum absolute atomic E-state index is 12.4. The maximum atomic E-state index is 12.4. The molecule has 1 aliphatic rings. The molecule has 0 aliphatic carbocycles. The number of anilines is 1. The summed E-state index contributed by atoms with van der Waals surface area (Å²) < 4.78 is 24.7. The van der Waals surface area contributed by atoms with Gasteiger partial charge in [0, 0.05) is 18.7 Å². The summed E-state index contributed by atoms with van der Waals surface area (Å²) in [6.45, 7) is 1.96. The fraction of sp³-hybridized carbons (Fsp3) is 0.368. The minimum atomic E-state index is -3.26. The quantitative estimate of drug-likeness (QED) is 0.840. The van der Waals surface area contributed by atoms with Gasteiger partial charge < -0.3 is 10.2 Å². The van der Waals surface area contributed by atoms with Crippen LogP contribution in [0.25, 0.3) is 0 Å². The first-order chi connectivity index (χ1) is 12.5. The van der Waals surface area contributed by atoms with Gasteiger partial charge in [0.1, 0.15) is 0 Å². The van der Waals surface area contributed by atoms with Crippen LogP contribution in [-0.4, -0.2) is 49.6 Å². The Morgan fingerprint density at radius 2 is 1.85 bits per heavy atom. The number of carbonyl (C=O) groups is 1. The zero-order valence-electron chi connectivity index (χ0n) is 14.5. The number of amides is 1. The molecular formula is C19H23N3O3S. The fourth-order valence-corrected chi connectivity index (χ4v) is 4.40. The van der Waals surface area contributed by atoms with Gasteiger partial charge in [0.05, 0.1) is 22.5 Å². The molecule has 138 valence electrons. The molecule has 1 aromatic heterocycles. The third kappa shape index (κ3) is 4.89. The summed E-state index contributed by atoms with van der Waals surface area (Å²) in [4.78, 5) is 18.8. The standard InChI is InChI=1S/C19H23N3O3S/c23-19(21-17-5-4-10-20-15-17)16-8-11-22(12-9-16)13-14-26(24,25)18-6-2-1-3-7-18/h1-7,10,15-16H,8-9,11-14H2,(H,21,23). The first-order valence-electron chi connectivity index (χ1n) is 8.76. The molecule has 0 radical (unpaired) electrons. The van der Waals surface area contributed by atoms with E-state index in [-0.39, 0.29) is 17.6 Å². The van der Waals surface area contributed by atoms with Crippen LogP contribution in [0.1, 0.15) is 12.8 Å². The van der Waals surface area contributed by atoms with Crippen LogP contribution in [0.2, 0.25) is 0 Å². The second kappa shape index (κ2) is 8.42. The highest BCUT2D eigenvalue weighted by Gasteiger charge is 2.26. The van der Waals surface area contributed by atoms with Gasteiger partial charge in [-0.15, -0.1) is 0 Å². The van der Waals surface area contributed by atoms with Crippen molar-refractivity contribution in [3.05, 3.63) is 54.9 Å². The number of rotatable bonds is 6. The lowest BCUT2D eigenvalue weighted by molar-refractivity contribution is -0.121. The Bertz CT molecular complexity index is 818. The van der Waals surface area contributed by atoms with Gasteiger partial charge in [0.25, 0.3) is 0 Å². The van der Waals surface area contributed by atoms with Crippen LogP contribution in [0.3, 0.4) is 0 Å². The SMILES string of the molecule is O=C(Nc1cccnc1)C1CCN(CCS(=O)(=O)c2ccccc2)CC1. The lowest BCUT2D eigenvalue weighted by Crippen LogP contribution is -2.40. The maximum Gasteiger partial charge on any atom is 0.227 e. The zero-order valence-corrected chi connectivity index (χ0v) is 15.4. The summed E-state index contributed by atoms with van der Waals surface area (Å²) in [5, 5.41) is 2.89. The summed E-state index contributed by atoms with van der Waals surface area (Å²) in [6.07, 6.45) is 4.76. The van der Waals surface area contributed by atoms with Gasteiger partial charge in [-0.2, -0.15) is 0 Å². The lowest BCUT2D eigenvalue weighted by atomic mass is 9.96. The Labute approximate surface area is 154 Å². The van der Waals surface area contributed by atoms with Crippen LogP contribution < -0.4 is 5.32 Å². The summed E-state index contributed by atoms with van der Waals surface area (Å²) in [5.41, 5.74) is 0.703. The molecule has 0 saturated carbocycles. The summed E-state index contributed by atoms with van der Waals surface area (Å²) >= 11 is 0. The van der Waals surface area contributed by atoms with Crippen molar-refractivity contribution in [1.82, 2.24) is 9.88 Å². The van der Waals surface area contributed by atoms with E-state index in [4.69, 9.17) is 0 Å². The number of nitrogens with one attached hydrogen (secondary N) is 1. The molecule has 6 nitrogen and oxygen atoms in total. The normalized spacial score (nSPS) is 16.3. The monoisotopic (exact) mass is 373 g/mol. The third-order valence-corrected chi connectivity index (χ3v) is 6.38. The van der Waals surface area contributed by atoms with Crippen LogP contribution in [0, 0.1) is 5.92 Å². The van der Waals surface area contributed by atoms with E-state index in [1.54, 1.807) is 48.8 Å². The molecule has 1 aliphatic heterocycles. The Morgan fingerprint density at radius 1 is 1.12 bits per heavy atom. The smallest absolute Gasteiger partial charge is 0.227 e. The highest BCUT2D eigenvalue weighted by molar-refractivity contribution is 7.91. The van der Waals surface area contributed by atoms with E-state index < -0.39 is 9.84 Å². The van der Waals surface area contributed by atoms with Crippen molar-refractivity contribution in [2.75, 3.05) is 30.7 Å². The first-order valence-corrected chi connectivity index (χ1v) is 10.4. The Hall–Kier alpha value is -2.25. The number of nitrogens with zero attached hydrogens (tertiary/aromatic N) is 2. The van der Waals surface area contributed by atoms with E-state index in [2.05, 4.69) is 15.2 Å². The molecule has 0 spiro atoms. The summed E-state index contributed by atoms with van der Waals surface area (Å²) in [7, 11) is -3.26. The first kappa shape index (κ1) is 18.5. The van der Waals surface area contributed by atoms with Crippen molar-refractivity contribution in [1.29, 1.82) is 0 Å². The average molecular weight is 373 g/mol. The average Bonchev–Trinajstić information content (AvgIpc) is 2.68. The van der Waals surface area contributed by atoms with Crippen LogP contribution in [0.15, 0.2) is 59.8 Å². The van der Waals surface area contributed by atoms with Gasteiger partial charge >= 0.3 is 0 Å². The molecule has 26 heavy (non-hydrogen) atoms. The van der Waals surface area contributed by atoms with Crippen LogP contribution in [0.5, 0.6) is 0 Å². The van der Waals surface area contributed by atoms with Crippen molar-refractivity contribution < 1.29 is 13.2 Å². The Balaban J connectivity index is 1.46. The number of hydrogen-bond donors (Lipinski definition) is 1. The van der Waals surface area contributed by atoms with E-state index in [0.717, 1.165) is 25.9 Å². The predicted octanol–water partition coefficient (Wildman–Crippen LogP) is 2.21. The molecule has 1 fully saturated rings. The predicted molar refractivity (Wildman–Crippen MR) is 101 cm³/mol. The van der Waals surface area contributed by atoms with Gasteiger partial charge in [-0.05, 0) is 50.2 Å². The topological polar surface area (TPSA) is 79.4 Å². The van der Waals surface area contributed by atoms with Gasteiger partial charge in [-0.3, -0.25) is 9.78 Å². The van der Waals surface area contributed by atoms with Gasteiger partial charge in [0.15, 0.2) is 9.84 Å². The number of pyridine rings is 1. The van der Waals surface area contributed by atoms with E-state index in [1.807, 2.05) is 6.07 Å². The van der Waals surface area contributed by atoms with Crippen molar-refractivity contribution in [3.63, 3.8) is 0 Å². The largest absolute Gasteiger partial charge is 0.324 e. The minimum Gasteiger partial charge on any atom is -0.324 e. The van der Waals surface area contributed by atoms with Crippen LogP contribution in [-0.2, 0) is 14.6 Å². The Morgan fingerprint density at radius 3 is 2.50 bits per heavy atom. The van der Waals surface area contributed by atoms with Gasteiger partial charge in [-0.25, -0.2) is 8.42 Å². The highest BCUT2D eigenvalue weighted by atomic mass is 32.2. The number of hydrogen-bond acceptors (Lipinski definition) is 5. The number of likely N-dealkylation sites (tertiary alicyclic amines) is 1. The van der Waals surface area contributed by atoms with Crippen molar-refractivity contribution in [2.45, 2.75) is 17.7 Å². The molecule has 2 heterocycles. The molecule has 3 rings (SSSR count). The Kier molecular flexibility index (Phi) is 6.00. The fourth-order valence-electron chi connectivity index (χ4n) is 3.09. The van der Waals surface area contributed by atoms with Crippen LogP contribution >= 0.6 is 0 Å². The zero-order chi connectivity index (χ0) is 18.4. The minimum absolute atomic E-state index is 0.00885. The number of aromatic nitrogens is 1. The molecular weight excluding hydrogens is 350 g/mol. The molecule has 1 saturated heterocycles. The van der Waals surface area contributed by atoms with E-state index in [0.29, 0.717) is 17.1 Å². The number of benzene rings is 1. The van der Waals surface area contributed by atoms with Crippen molar-refractivity contribution in [3.8, 4) is 0 Å². The van der Waals surface area contributed by atoms with E-state index >= 15 is 0 Å². The summed E-state index contributed by atoms with van der Waals surface area (Å²) in [5.74, 6) is 0.0653. The molecule has 1 amide bonds. The second-order valence-electron chi connectivity index (χ2n) is 6.48. The number of piperidine rings is 1. The van der Waals surface area contributed by atoms with Crippen LogP contribution in [0.4, 0.5) is 5.69 Å². The molecule has 1 N–H and O–H groups in total. The number of sulfone groups is 1. The summed E-state index contributed by atoms with van der Waals surface area (Å²) in [6, 6.07) is 12.1. The third-order valence-electron chi connectivity index (χ3n) is 4.67. The molecule has 0 unspecified atom stereocenters. The van der Waals surface area contributed by atoms with Crippen molar-refractivity contribution in [2.24, 2.45) is 5.92 Å². The van der Waals surface area contributed by atoms with Crippen molar-refractivity contribution >= 4 is 21.4 Å². The molecule has 7 heteroatoms. The molecule has 0 atom stereocenters.